The molecule has 0 rings (SSSR count). The van der Waals surface area contributed by atoms with Gasteiger partial charge in [0.2, 0.25) is 0 Å². The molecule has 0 aliphatic heterocycles. The van der Waals surface area contributed by atoms with E-state index in [-0.39, 0.29) is 40.0 Å². The minimum Gasteiger partial charge on any atom is -0.867 e. The van der Waals surface area contributed by atoms with Crippen LogP contribution in [0.15, 0.2) is 0 Å². The van der Waals surface area contributed by atoms with Crippen molar-refractivity contribution in [3.05, 3.63) is 0 Å². The predicted molar refractivity (Wildman–Crippen MR) is 41.3 cm³/mol. The summed E-state index contributed by atoms with van der Waals surface area (Å²) >= 11 is 4.54. The van der Waals surface area contributed by atoms with Crippen molar-refractivity contribution in [1.29, 1.82) is 0 Å². The van der Waals surface area contributed by atoms with Crippen LogP contribution in [-0.4, -0.2) is 5.05 Å². The Labute approximate surface area is 90.5 Å². The molecule has 0 N–H and O–H groups in total. The molecule has 0 radical (unpaired) electrons. The van der Waals surface area contributed by atoms with Gasteiger partial charge in [0, 0.05) is 0 Å². The molecule has 54 valence electrons. The molecule has 1 nitrogen and oxygen atoms in total. The summed E-state index contributed by atoms with van der Waals surface area (Å²) in [5, 5.41) is 10.5. The molecule has 0 aliphatic rings. The van der Waals surface area contributed by atoms with Gasteiger partial charge in [-0.3, -0.25) is 0 Å². The molecule has 0 saturated heterocycles. The van der Waals surface area contributed by atoms with Gasteiger partial charge in [0.15, 0.2) is 0 Å². The van der Waals surface area contributed by atoms with Crippen LogP contribution < -0.4 is 34.7 Å². The van der Waals surface area contributed by atoms with Crippen LogP contribution in [0.5, 0.6) is 0 Å². The van der Waals surface area contributed by atoms with E-state index >= 15 is 0 Å². The molecule has 0 aromatic heterocycles. The Morgan fingerprint density at radius 3 is 2.00 bits per heavy atom. The minimum atomic E-state index is -0.274. The normalized spacial score (nSPS) is 10.3. The average Bonchev–Trinajstić information content (AvgIpc) is 1.65. The fourth-order valence-electron chi connectivity index (χ4n) is 0.727. The van der Waals surface area contributed by atoms with Crippen LogP contribution in [0.25, 0.3) is 0 Å². The van der Waals surface area contributed by atoms with E-state index in [9.17, 15) is 5.11 Å². The smallest absolute Gasteiger partial charge is 0.867 e. The Kier molecular flexibility index (Phi) is 7.45. The molecule has 3 heteroatoms. The maximum absolute atomic E-state index is 10.7. The summed E-state index contributed by atoms with van der Waals surface area (Å²) in [4.78, 5) is 0. The molecule has 0 heterocycles. The second-order valence-electron chi connectivity index (χ2n) is 2.92. The Morgan fingerprint density at radius 1 is 1.50 bits per heavy atom. The van der Waals surface area contributed by atoms with Crippen molar-refractivity contribution >= 4 is 17.3 Å². The summed E-state index contributed by atoms with van der Waals surface area (Å²) in [7, 11) is 0. The molecule has 0 aliphatic carbocycles. The number of hydrogen-bond acceptors (Lipinski definition) is 2. The molecule has 0 saturated carbocycles. The predicted octanol–water partition coefficient (Wildman–Crippen LogP) is -1.50. The van der Waals surface area contributed by atoms with Crippen LogP contribution in [0.3, 0.4) is 0 Å². The van der Waals surface area contributed by atoms with Crippen LogP contribution >= 0.6 is 12.2 Å². The zero-order chi connectivity index (χ0) is 7.49. The first-order chi connectivity index (χ1) is 4.00. The Hall–Kier alpha value is 0.890. The Bertz CT molecular complexity index is 112. The van der Waals surface area contributed by atoms with Gasteiger partial charge in [0.1, 0.15) is 0 Å². The molecule has 0 atom stereocenters. The van der Waals surface area contributed by atoms with E-state index in [2.05, 4.69) is 19.1 Å². The summed E-state index contributed by atoms with van der Waals surface area (Å²) in [5.74, 6) is 0. The SMILES string of the molecule is CCCC(C)(C)C([O-])=S.[Na+]. The first-order valence-electron chi connectivity index (χ1n) is 3.22. The molecule has 0 amide bonds. The summed E-state index contributed by atoms with van der Waals surface area (Å²) in [6, 6.07) is 0. The maximum Gasteiger partial charge on any atom is 1.00 e. The summed E-state index contributed by atoms with van der Waals surface area (Å²) < 4.78 is 0. The van der Waals surface area contributed by atoms with E-state index in [1.165, 1.54) is 0 Å². The van der Waals surface area contributed by atoms with E-state index < -0.39 is 0 Å². The van der Waals surface area contributed by atoms with Crippen molar-refractivity contribution in [2.24, 2.45) is 5.41 Å². The first kappa shape index (κ1) is 13.5. The number of hydrogen-bond donors (Lipinski definition) is 0. The van der Waals surface area contributed by atoms with E-state index in [1.807, 2.05) is 13.8 Å². The quantitative estimate of drug-likeness (QED) is 0.378. The second kappa shape index (κ2) is 5.53. The van der Waals surface area contributed by atoms with Crippen LogP contribution in [0.4, 0.5) is 0 Å². The van der Waals surface area contributed by atoms with E-state index in [1.54, 1.807) is 0 Å². The molecule has 0 unspecified atom stereocenters. The molecule has 0 spiro atoms. The third kappa shape index (κ3) is 4.67. The third-order valence-corrected chi connectivity index (χ3v) is 1.98. The van der Waals surface area contributed by atoms with Crippen molar-refractivity contribution in [2.75, 3.05) is 0 Å². The monoisotopic (exact) mass is 168 g/mol. The first-order valence-corrected chi connectivity index (χ1v) is 3.63. The molecule has 0 aromatic rings. The second-order valence-corrected chi connectivity index (χ2v) is 3.29. The van der Waals surface area contributed by atoms with Crippen LogP contribution in [0, 0.1) is 5.41 Å². The van der Waals surface area contributed by atoms with Crippen molar-refractivity contribution in [1.82, 2.24) is 0 Å². The summed E-state index contributed by atoms with van der Waals surface area (Å²) in [5.41, 5.74) is -0.274. The van der Waals surface area contributed by atoms with E-state index in [0.29, 0.717) is 0 Å². The number of rotatable bonds is 3. The Balaban J connectivity index is 0. The van der Waals surface area contributed by atoms with Crippen LogP contribution in [0.1, 0.15) is 33.6 Å². The van der Waals surface area contributed by atoms with Crippen molar-refractivity contribution in [3.8, 4) is 0 Å². The maximum atomic E-state index is 10.7. The largest absolute Gasteiger partial charge is 1.00 e. The molecule has 0 bridgehead atoms. The van der Waals surface area contributed by atoms with Crippen molar-refractivity contribution in [2.45, 2.75) is 33.6 Å². The minimum absolute atomic E-state index is 0. The summed E-state index contributed by atoms with van der Waals surface area (Å²) in [6.07, 6.45) is 1.92. The van der Waals surface area contributed by atoms with Gasteiger partial charge in [-0.15, -0.1) is 12.2 Å². The molecule has 0 aromatic carbocycles. The zero-order valence-electron chi connectivity index (χ0n) is 7.23. The van der Waals surface area contributed by atoms with Crippen molar-refractivity contribution < 1.29 is 34.7 Å². The van der Waals surface area contributed by atoms with Gasteiger partial charge < -0.3 is 5.11 Å². The van der Waals surface area contributed by atoms with Gasteiger partial charge in [-0.1, -0.05) is 32.2 Å². The number of thiocarbonyl (C=S) groups is 1. The van der Waals surface area contributed by atoms with Crippen molar-refractivity contribution in [3.63, 3.8) is 0 Å². The summed E-state index contributed by atoms with van der Waals surface area (Å²) in [6.45, 7) is 5.84. The zero-order valence-corrected chi connectivity index (χ0v) is 10.0. The van der Waals surface area contributed by atoms with Crippen LogP contribution in [-0.2, 0) is 0 Å². The van der Waals surface area contributed by atoms with Crippen LogP contribution in [0.2, 0.25) is 0 Å². The van der Waals surface area contributed by atoms with Gasteiger partial charge in [0.05, 0.1) is 0 Å². The molecular weight excluding hydrogens is 155 g/mol. The van der Waals surface area contributed by atoms with Gasteiger partial charge in [-0.05, 0) is 11.8 Å². The molecular formula is C7H13NaOS. The third-order valence-electron chi connectivity index (χ3n) is 1.43. The average molecular weight is 168 g/mol. The van der Waals surface area contributed by atoms with Gasteiger partial charge in [-0.2, -0.15) is 0 Å². The molecule has 0 fully saturated rings. The standard InChI is InChI=1S/C7H14OS.Na/c1-4-5-7(2,3)6(8)9;/h4-5H2,1-3H3,(H,8,9);/q;+1/p-1. The van der Waals surface area contributed by atoms with Gasteiger partial charge in [0.25, 0.3) is 0 Å². The van der Waals surface area contributed by atoms with Gasteiger partial charge in [-0.25, -0.2) is 0 Å². The fraction of sp³-hybridized carbons (Fsp3) is 0.857. The van der Waals surface area contributed by atoms with E-state index in [0.717, 1.165) is 12.8 Å². The van der Waals surface area contributed by atoms with E-state index in [4.69, 9.17) is 0 Å². The molecule has 10 heavy (non-hydrogen) atoms. The fourth-order valence-corrected chi connectivity index (χ4v) is 0.829. The topological polar surface area (TPSA) is 23.1 Å². The Morgan fingerprint density at radius 2 is 1.90 bits per heavy atom. The van der Waals surface area contributed by atoms with Gasteiger partial charge >= 0.3 is 29.6 Å².